The van der Waals surface area contributed by atoms with E-state index in [0.717, 1.165) is 37.1 Å². The number of ketones is 1. The minimum Gasteiger partial charge on any atom is -0.373 e. The lowest BCUT2D eigenvalue weighted by Gasteiger charge is -2.57. The summed E-state index contributed by atoms with van der Waals surface area (Å²) in [5.41, 5.74) is 1.16. The van der Waals surface area contributed by atoms with Crippen LogP contribution in [0.1, 0.15) is 46.0 Å². The second-order valence-corrected chi connectivity index (χ2v) is 9.58. The summed E-state index contributed by atoms with van der Waals surface area (Å²) in [7, 11) is 0. The number of allylic oxidation sites excluding steroid dienone is 3. The average molecular weight is 363 g/mol. The number of carbonyl (C=O) groups excluding carboxylic acids is 1. The van der Waals surface area contributed by atoms with Gasteiger partial charge in [0.05, 0.1) is 19.3 Å². The van der Waals surface area contributed by atoms with Crippen LogP contribution in [-0.2, 0) is 14.3 Å². The molecule has 25 heavy (non-hydrogen) atoms. The second-order valence-electron chi connectivity index (χ2n) is 9.17. The first kappa shape index (κ1) is 16.5. The molecule has 1 aliphatic heterocycles. The van der Waals surface area contributed by atoms with Crippen LogP contribution in [0.5, 0.6) is 0 Å². The lowest BCUT2D eigenvalue weighted by Crippen LogP contribution is -2.53. The molecule has 4 aliphatic carbocycles. The van der Waals surface area contributed by atoms with E-state index in [-0.39, 0.29) is 23.0 Å². The maximum absolute atomic E-state index is 12.5. The summed E-state index contributed by atoms with van der Waals surface area (Å²) in [6.45, 7) is 5.93. The van der Waals surface area contributed by atoms with E-state index in [4.69, 9.17) is 21.1 Å². The van der Waals surface area contributed by atoms with E-state index in [0.29, 0.717) is 36.8 Å². The molecular formula is C21H27ClO3. The number of fused-ring (bicyclic) bond motifs is 6. The van der Waals surface area contributed by atoms with E-state index < -0.39 is 0 Å². The lowest BCUT2D eigenvalue weighted by molar-refractivity contribution is -0.148. The minimum atomic E-state index is -0.131. The van der Waals surface area contributed by atoms with Crippen LogP contribution in [0.4, 0.5) is 0 Å². The highest BCUT2D eigenvalue weighted by Crippen LogP contribution is 2.64. The van der Waals surface area contributed by atoms with Gasteiger partial charge in [0.2, 0.25) is 0 Å². The molecule has 0 spiro atoms. The monoisotopic (exact) mass is 362 g/mol. The van der Waals surface area contributed by atoms with Crippen molar-refractivity contribution >= 4 is 17.4 Å². The van der Waals surface area contributed by atoms with Gasteiger partial charge in [-0.25, -0.2) is 0 Å². The molecule has 0 aromatic rings. The van der Waals surface area contributed by atoms with E-state index in [1.54, 1.807) is 0 Å². The third kappa shape index (κ3) is 2.15. The summed E-state index contributed by atoms with van der Waals surface area (Å²) in [5.74, 6) is 1.89. The van der Waals surface area contributed by atoms with Gasteiger partial charge in [0, 0.05) is 16.9 Å². The Bertz CT molecular complexity index is 683. The van der Waals surface area contributed by atoms with Crippen molar-refractivity contribution in [2.75, 3.05) is 13.2 Å². The molecule has 0 aromatic carbocycles. The highest BCUT2D eigenvalue weighted by Gasteiger charge is 2.59. The maximum Gasteiger partial charge on any atom is 0.139 e. The van der Waals surface area contributed by atoms with Crippen LogP contribution in [0, 0.1) is 28.6 Å². The zero-order valence-electron chi connectivity index (χ0n) is 15.1. The molecule has 2 saturated carbocycles. The van der Waals surface area contributed by atoms with E-state index in [1.807, 2.05) is 0 Å². The predicted octanol–water partition coefficient (Wildman–Crippen LogP) is 4.25. The molecule has 0 N–H and O–H groups in total. The van der Waals surface area contributed by atoms with Gasteiger partial charge in [0.25, 0.3) is 0 Å². The van der Waals surface area contributed by atoms with Crippen molar-refractivity contribution in [3.63, 3.8) is 0 Å². The summed E-state index contributed by atoms with van der Waals surface area (Å²) in [5, 5.41) is 0.889. The van der Waals surface area contributed by atoms with Gasteiger partial charge in [-0.2, -0.15) is 0 Å². The summed E-state index contributed by atoms with van der Waals surface area (Å²) in [6.07, 6.45) is 9.58. The largest absolute Gasteiger partial charge is 0.373 e. The molecular weight excluding hydrogens is 336 g/mol. The number of halogens is 1. The number of ether oxygens (including phenoxy) is 2. The van der Waals surface area contributed by atoms with Gasteiger partial charge in [0.1, 0.15) is 11.9 Å². The number of hydrogen-bond donors (Lipinski definition) is 0. The molecule has 0 bridgehead atoms. The van der Waals surface area contributed by atoms with Crippen LogP contribution in [0.3, 0.4) is 0 Å². The fourth-order valence-corrected chi connectivity index (χ4v) is 7.13. The zero-order valence-corrected chi connectivity index (χ0v) is 15.8. The molecule has 0 radical (unpaired) electrons. The van der Waals surface area contributed by atoms with Gasteiger partial charge in [-0.3, -0.25) is 4.79 Å². The van der Waals surface area contributed by atoms with Crippen molar-refractivity contribution in [2.24, 2.45) is 28.6 Å². The molecule has 1 heterocycles. The molecule has 5 rings (SSSR count). The van der Waals surface area contributed by atoms with Crippen molar-refractivity contribution < 1.29 is 14.3 Å². The lowest BCUT2D eigenvalue weighted by atomic mass is 9.49. The van der Waals surface area contributed by atoms with Gasteiger partial charge in [-0.05, 0) is 60.5 Å². The van der Waals surface area contributed by atoms with Gasteiger partial charge in [-0.1, -0.05) is 31.5 Å². The number of hydrogen-bond acceptors (Lipinski definition) is 3. The van der Waals surface area contributed by atoms with E-state index in [2.05, 4.69) is 26.0 Å². The van der Waals surface area contributed by atoms with Gasteiger partial charge in [0.15, 0.2) is 0 Å². The van der Waals surface area contributed by atoms with Crippen molar-refractivity contribution in [2.45, 2.75) is 58.2 Å². The Balaban J connectivity index is 1.58. The third-order valence-electron chi connectivity index (χ3n) is 8.12. The van der Waals surface area contributed by atoms with E-state index in [1.165, 1.54) is 5.57 Å². The first-order valence-electron chi connectivity index (χ1n) is 9.80. The Kier molecular flexibility index (Phi) is 3.59. The first-order chi connectivity index (χ1) is 11.9. The fraction of sp³-hybridized carbons (Fsp3) is 0.762. The molecule has 2 unspecified atom stereocenters. The molecule has 136 valence electrons. The quantitative estimate of drug-likeness (QED) is 0.646. The van der Waals surface area contributed by atoms with E-state index >= 15 is 0 Å². The van der Waals surface area contributed by atoms with Crippen LogP contribution < -0.4 is 0 Å². The second kappa shape index (κ2) is 5.43. The summed E-state index contributed by atoms with van der Waals surface area (Å²) in [6, 6.07) is 0. The first-order valence-corrected chi connectivity index (χ1v) is 10.2. The molecule has 4 heteroatoms. The topological polar surface area (TPSA) is 35.5 Å². The molecule has 5 aliphatic rings. The minimum absolute atomic E-state index is 0.0331. The third-order valence-corrected chi connectivity index (χ3v) is 8.45. The predicted molar refractivity (Wildman–Crippen MR) is 96.3 cm³/mol. The SMILES string of the molecule is C[C@]12CC3OCCOC3C=C1C(Cl)=C[C@@H]1[C@@H]2CC[C@]2(C)C(=O)CC[C@@H]12. The number of carbonyl (C=O) groups is 1. The van der Waals surface area contributed by atoms with Crippen molar-refractivity contribution in [3.05, 3.63) is 22.8 Å². The molecule has 0 aromatic heterocycles. The van der Waals surface area contributed by atoms with Crippen LogP contribution in [0.15, 0.2) is 22.8 Å². The van der Waals surface area contributed by atoms with Crippen LogP contribution in [-0.4, -0.2) is 31.2 Å². The van der Waals surface area contributed by atoms with Gasteiger partial charge >= 0.3 is 0 Å². The van der Waals surface area contributed by atoms with Crippen molar-refractivity contribution in [1.29, 1.82) is 0 Å². The fourth-order valence-electron chi connectivity index (χ4n) is 6.70. The number of rotatable bonds is 0. The van der Waals surface area contributed by atoms with Gasteiger partial charge < -0.3 is 9.47 Å². The van der Waals surface area contributed by atoms with Crippen molar-refractivity contribution in [1.82, 2.24) is 0 Å². The van der Waals surface area contributed by atoms with E-state index in [9.17, 15) is 4.79 Å². The Hall–Kier alpha value is -0.640. The Morgan fingerprint density at radius 2 is 1.84 bits per heavy atom. The summed E-state index contributed by atoms with van der Waals surface area (Å²) >= 11 is 6.81. The standard InChI is InChI=1S/C21H27ClO3/c1-20-6-5-14-12(13(20)3-4-19(20)23)9-16(22)15-10-17-18(11-21(14,15)2)25-8-7-24-17/h9-10,12-14,17-18H,3-8,11H2,1-2H3/t12-,13-,14-,17?,18?,20-,21+/m0/s1. The molecule has 1 saturated heterocycles. The van der Waals surface area contributed by atoms with Crippen LogP contribution in [0.25, 0.3) is 0 Å². The van der Waals surface area contributed by atoms with Crippen LogP contribution in [0.2, 0.25) is 0 Å². The highest BCUT2D eigenvalue weighted by atomic mass is 35.5. The summed E-state index contributed by atoms with van der Waals surface area (Å²) in [4.78, 5) is 12.5. The molecule has 3 nitrogen and oxygen atoms in total. The van der Waals surface area contributed by atoms with Crippen LogP contribution >= 0.6 is 11.6 Å². The smallest absolute Gasteiger partial charge is 0.139 e. The Morgan fingerprint density at radius 1 is 1.08 bits per heavy atom. The maximum atomic E-state index is 12.5. The molecule has 3 fully saturated rings. The highest BCUT2D eigenvalue weighted by molar-refractivity contribution is 6.32. The Morgan fingerprint density at radius 3 is 2.68 bits per heavy atom. The molecule has 7 atom stereocenters. The Labute approximate surface area is 154 Å². The normalized spacial score (nSPS) is 51.6. The zero-order chi connectivity index (χ0) is 17.4. The number of Topliss-reactive ketones (excluding diaryl/α,β-unsaturated/α-hetero) is 1. The van der Waals surface area contributed by atoms with Gasteiger partial charge in [-0.15, -0.1) is 0 Å². The van der Waals surface area contributed by atoms with Crippen molar-refractivity contribution in [3.8, 4) is 0 Å². The molecule has 0 amide bonds. The average Bonchev–Trinajstić information content (AvgIpc) is 2.89. The summed E-state index contributed by atoms with van der Waals surface area (Å²) < 4.78 is 12.0.